The van der Waals surface area contributed by atoms with Crippen LogP contribution in [-0.4, -0.2) is 45.0 Å². The molecule has 7 heteroatoms. The maximum atomic E-state index is 6.01. The van der Waals surface area contributed by atoms with E-state index in [1.54, 1.807) is 6.33 Å². The van der Waals surface area contributed by atoms with Gasteiger partial charge in [0, 0.05) is 38.0 Å². The Hall–Kier alpha value is -2.15. The summed E-state index contributed by atoms with van der Waals surface area (Å²) >= 11 is 0. The van der Waals surface area contributed by atoms with E-state index < -0.39 is 0 Å². The number of hydrogen-bond donors (Lipinski definition) is 1. The predicted molar refractivity (Wildman–Crippen MR) is 106 cm³/mol. The van der Waals surface area contributed by atoms with Gasteiger partial charge in [-0.2, -0.15) is 5.10 Å². The lowest BCUT2D eigenvalue weighted by molar-refractivity contribution is -0.0203. The monoisotopic (exact) mass is 370 g/mol. The SMILES string of the molecule is CC(C)[C@@H]1OCCC[C@H]1Nc1cc(N2CCC[C@H]2c2cnn(C)c2)ncn1. The van der Waals surface area contributed by atoms with Gasteiger partial charge in [-0.25, -0.2) is 9.97 Å². The molecular weight excluding hydrogens is 340 g/mol. The second kappa shape index (κ2) is 7.84. The van der Waals surface area contributed by atoms with E-state index in [9.17, 15) is 0 Å². The first-order valence-corrected chi connectivity index (χ1v) is 10.1. The lowest BCUT2D eigenvalue weighted by atomic mass is 9.93. The van der Waals surface area contributed by atoms with Crippen LogP contribution in [0.3, 0.4) is 0 Å². The molecule has 1 N–H and O–H groups in total. The van der Waals surface area contributed by atoms with Crippen molar-refractivity contribution in [2.45, 2.75) is 57.7 Å². The van der Waals surface area contributed by atoms with Crippen LogP contribution in [0.4, 0.5) is 11.6 Å². The molecule has 0 radical (unpaired) electrons. The third-order valence-corrected chi connectivity index (χ3v) is 5.67. The summed E-state index contributed by atoms with van der Waals surface area (Å²) in [5.74, 6) is 2.35. The van der Waals surface area contributed by atoms with E-state index in [4.69, 9.17) is 4.74 Å². The van der Waals surface area contributed by atoms with Crippen LogP contribution in [-0.2, 0) is 11.8 Å². The average Bonchev–Trinajstić information content (AvgIpc) is 3.31. The molecule has 0 unspecified atom stereocenters. The molecule has 4 heterocycles. The van der Waals surface area contributed by atoms with Gasteiger partial charge in [0.05, 0.1) is 24.4 Å². The van der Waals surface area contributed by atoms with Crippen LogP contribution < -0.4 is 10.2 Å². The smallest absolute Gasteiger partial charge is 0.134 e. The van der Waals surface area contributed by atoms with Gasteiger partial charge in [0.2, 0.25) is 0 Å². The molecule has 0 bridgehead atoms. The van der Waals surface area contributed by atoms with Gasteiger partial charge >= 0.3 is 0 Å². The van der Waals surface area contributed by atoms with Crippen LogP contribution in [0, 0.1) is 5.92 Å². The molecule has 146 valence electrons. The molecule has 0 aliphatic carbocycles. The van der Waals surface area contributed by atoms with Gasteiger partial charge in [-0.1, -0.05) is 13.8 Å². The van der Waals surface area contributed by atoms with Crippen LogP contribution in [0.5, 0.6) is 0 Å². The molecule has 2 aromatic rings. The molecule has 0 spiro atoms. The Morgan fingerprint density at radius 3 is 2.89 bits per heavy atom. The van der Waals surface area contributed by atoms with E-state index in [0.717, 1.165) is 50.5 Å². The van der Waals surface area contributed by atoms with Gasteiger partial charge in [-0.15, -0.1) is 0 Å². The van der Waals surface area contributed by atoms with Crippen LogP contribution in [0.1, 0.15) is 51.1 Å². The average molecular weight is 371 g/mol. The van der Waals surface area contributed by atoms with E-state index in [1.807, 2.05) is 17.9 Å². The van der Waals surface area contributed by atoms with Gasteiger partial charge < -0.3 is 15.0 Å². The van der Waals surface area contributed by atoms with Crippen molar-refractivity contribution in [3.05, 3.63) is 30.4 Å². The predicted octanol–water partition coefficient (Wildman–Crippen LogP) is 3.17. The zero-order chi connectivity index (χ0) is 18.8. The molecule has 3 atom stereocenters. The topological polar surface area (TPSA) is 68.1 Å². The van der Waals surface area contributed by atoms with Gasteiger partial charge in [0.25, 0.3) is 0 Å². The molecule has 7 nitrogen and oxygen atoms in total. The third-order valence-electron chi connectivity index (χ3n) is 5.67. The van der Waals surface area contributed by atoms with E-state index in [-0.39, 0.29) is 6.10 Å². The summed E-state index contributed by atoms with van der Waals surface area (Å²) in [6.45, 7) is 6.31. The van der Waals surface area contributed by atoms with E-state index >= 15 is 0 Å². The van der Waals surface area contributed by atoms with Crippen molar-refractivity contribution in [2.75, 3.05) is 23.4 Å². The normalized spacial score (nSPS) is 25.9. The Balaban J connectivity index is 1.52. The van der Waals surface area contributed by atoms with E-state index in [1.165, 1.54) is 5.56 Å². The summed E-state index contributed by atoms with van der Waals surface area (Å²) in [5, 5.41) is 7.96. The summed E-state index contributed by atoms with van der Waals surface area (Å²) < 4.78 is 7.87. The number of ether oxygens (including phenoxy) is 1. The van der Waals surface area contributed by atoms with Gasteiger partial charge in [-0.05, 0) is 31.6 Å². The minimum Gasteiger partial charge on any atom is -0.376 e. The fourth-order valence-electron chi connectivity index (χ4n) is 4.39. The van der Waals surface area contributed by atoms with E-state index in [0.29, 0.717) is 18.0 Å². The van der Waals surface area contributed by atoms with Gasteiger partial charge in [0.1, 0.15) is 18.0 Å². The molecule has 27 heavy (non-hydrogen) atoms. The fraction of sp³-hybridized carbons (Fsp3) is 0.650. The third kappa shape index (κ3) is 3.93. The zero-order valence-electron chi connectivity index (χ0n) is 16.5. The molecule has 4 rings (SSSR count). The van der Waals surface area contributed by atoms with Crippen molar-refractivity contribution in [1.29, 1.82) is 0 Å². The highest BCUT2D eigenvalue weighted by Crippen LogP contribution is 2.35. The number of anilines is 2. The van der Waals surface area contributed by atoms with Crippen molar-refractivity contribution in [3.8, 4) is 0 Å². The standard InChI is InChI=1S/C20H30N6O/c1-14(2)20-16(6-5-9-27-20)24-18-10-19(22-13-21-18)26-8-4-7-17(26)15-11-23-25(3)12-15/h10-14,16-17,20H,4-9H2,1-3H3,(H,21,22,24)/t16-,17+,20+/m1/s1. The maximum absolute atomic E-state index is 6.01. The number of nitrogens with one attached hydrogen (secondary N) is 1. The Morgan fingerprint density at radius 1 is 1.22 bits per heavy atom. The van der Waals surface area contributed by atoms with Crippen molar-refractivity contribution in [2.24, 2.45) is 13.0 Å². The van der Waals surface area contributed by atoms with E-state index in [2.05, 4.69) is 51.4 Å². The number of rotatable bonds is 5. The largest absolute Gasteiger partial charge is 0.376 e. The molecule has 0 saturated carbocycles. The molecule has 2 aliphatic rings. The summed E-state index contributed by atoms with van der Waals surface area (Å²) in [4.78, 5) is 11.4. The Bertz CT molecular complexity index is 760. The molecule has 2 aliphatic heterocycles. The highest BCUT2D eigenvalue weighted by atomic mass is 16.5. The summed E-state index contributed by atoms with van der Waals surface area (Å²) in [6.07, 6.45) is 10.5. The highest BCUT2D eigenvalue weighted by molar-refractivity contribution is 5.51. The molecule has 2 saturated heterocycles. The van der Waals surface area contributed by atoms with Crippen molar-refractivity contribution in [3.63, 3.8) is 0 Å². The minimum atomic E-state index is 0.229. The number of aryl methyl sites for hydroxylation is 1. The molecule has 2 aromatic heterocycles. The molecule has 0 aromatic carbocycles. The summed E-state index contributed by atoms with van der Waals surface area (Å²) in [5.41, 5.74) is 1.25. The number of aromatic nitrogens is 4. The number of hydrogen-bond acceptors (Lipinski definition) is 6. The lowest BCUT2D eigenvalue weighted by Gasteiger charge is -2.35. The minimum absolute atomic E-state index is 0.229. The zero-order valence-corrected chi connectivity index (χ0v) is 16.5. The first-order valence-electron chi connectivity index (χ1n) is 10.1. The first kappa shape index (κ1) is 18.2. The van der Waals surface area contributed by atoms with Gasteiger partial charge in [0.15, 0.2) is 0 Å². The second-order valence-electron chi connectivity index (χ2n) is 8.03. The molecule has 2 fully saturated rings. The lowest BCUT2D eigenvalue weighted by Crippen LogP contribution is -2.43. The van der Waals surface area contributed by atoms with Crippen LogP contribution >= 0.6 is 0 Å². The van der Waals surface area contributed by atoms with Crippen molar-refractivity contribution < 1.29 is 4.74 Å². The van der Waals surface area contributed by atoms with Crippen molar-refractivity contribution in [1.82, 2.24) is 19.7 Å². The molecule has 0 amide bonds. The summed E-state index contributed by atoms with van der Waals surface area (Å²) in [7, 11) is 1.97. The summed E-state index contributed by atoms with van der Waals surface area (Å²) in [6, 6.07) is 2.72. The Morgan fingerprint density at radius 2 is 2.11 bits per heavy atom. The van der Waals surface area contributed by atoms with Crippen LogP contribution in [0.2, 0.25) is 0 Å². The fourth-order valence-corrected chi connectivity index (χ4v) is 4.39. The highest BCUT2D eigenvalue weighted by Gasteiger charge is 2.30. The number of nitrogens with zero attached hydrogens (tertiary/aromatic N) is 5. The van der Waals surface area contributed by atoms with Crippen LogP contribution in [0.25, 0.3) is 0 Å². The quantitative estimate of drug-likeness (QED) is 0.872. The second-order valence-corrected chi connectivity index (χ2v) is 8.03. The maximum Gasteiger partial charge on any atom is 0.134 e. The Labute approximate surface area is 161 Å². The molecular formula is C20H30N6O. The van der Waals surface area contributed by atoms with Gasteiger partial charge in [-0.3, -0.25) is 4.68 Å². The first-order chi connectivity index (χ1) is 13.1. The van der Waals surface area contributed by atoms with Crippen LogP contribution in [0.15, 0.2) is 24.8 Å². The Kier molecular flexibility index (Phi) is 5.29. The van der Waals surface area contributed by atoms with Crippen molar-refractivity contribution >= 4 is 11.6 Å².